The summed E-state index contributed by atoms with van der Waals surface area (Å²) in [6.07, 6.45) is 0. The Morgan fingerprint density at radius 2 is 1.84 bits per heavy atom. The highest BCUT2D eigenvalue weighted by molar-refractivity contribution is 7.80. The molecule has 0 aliphatic heterocycles. The number of rotatable bonds is 5. The summed E-state index contributed by atoms with van der Waals surface area (Å²) in [4.78, 5) is 27.3. The maximum atomic E-state index is 12.4. The van der Waals surface area contributed by atoms with Crippen LogP contribution in [-0.2, 0) is 0 Å². The third-order valence-electron chi connectivity index (χ3n) is 4.19. The first-order chi connectivity index (χ1) is 15.0. The number of carbonyl (C=O) groups is 1. The van der Waals surface area contributed by atoms with Crippen molar-refractivity contribution in [2.24, 2.45) is 0 Å². The van der Waals surface area contributed by atoms with Crippen molar-refractivity contribution in [3.63, 3.8) is 0 Å². The molecule has 0 unspecified atom stereocenters. The van der Waals surface area contributed by atoms with E-state index in [1.165, 1.54) is 29.5 Å². The highest BCUT2D eigenvalue weighted by Gasteiger charge is 2.16. The predicted molar refractivity (Wildman–Crippen MR) is 122 cm³/mol. The number of amides is 1. The number of thiazole rings is 1. The van der Waals surface area contributed by atoms with Gasteiger partial charge in [-0.3, -0.25) is 20.2 Å². The fourth-order valence-electron chi connectivity index (χ4n) is 2.75. The average molecular weight is 451 g/mol. The average Bonchev–Trinajstić information content (AvgIpc) is 3.44. The number of nitro benzene ring substituents is 1. The van der Waals surface area contributed by atoms with E-state index in [0.29, 0.717) is 16.5 Å². The van der Waals surface area contributed by atoms with Crippen LogP contribution in [-0.4, -0.2) is 20.9 Å². The summed E-state index contributed by atoms with van der Waals surface area (Å²) in [6.45, 7) is 0. The lowest BCUT2D eigenvalue weighted by molar-refractivity contribution is -0.384. The van der Waals surface area contributed by atoms with E-state index >= 15 is 0 Å². The highest BCUT2D eigenvalue weighted by atomic mass is 32.1. The zero-order chi connectivity index (χ0) is 21.8. The third-order valence-corrected chi connectivity index (χ3v) is 5.15. The second-order valence-electron chi connectivity index (χ2n) is 6.28. The molecule has 2 heterocycles. The minimum Gasteiger partial charge on any atom is -0.451 e. The summed E-state index contributed by atoms with van der Waals surface area (Å²) in [6, 6.07) is 18.7. The lowest BCUT2D eigenvalue weighted by atomic mass is 10.1. The molecule has 2 N–H and O–H groups in total. The van der Waals surface area contributed by atoms with Gasteiger partial charge in [0, 0.05) is 28.6 Å². The van der Waals surface area contributed by atoms with Gasteiger partial charge in [0.05, 0.1) is 10.6 Å². The first-order valence-electron chi connectivity index (χ1n) is 8.97. The van der Waals surface area contributed by atoms with Gasteiger partial charge in [-0.1, -0.05) is 42.5 Å². The van der Waals surface area contributed by atoms with Gasteiger partial charge in [0.2, 0.25) is 0 Å². The maximum Gasteiger partial charge on any atom is 0.293 e. The number of thiocarbonyl (C=S) groups is 1. The van der Waals surface area contributed by atoms with E-state index in [4.69, 9.17) is 16.6 Å². The van der Waals surface area contributed by atoms with Crippen molar-refractivity contribution in [3.8, 4) is 22.6 Å². The van der Waals surface area contributed by atoms with Crippen molar-refractivity contribution in [2.45, 2.75) is 0 Å². The van der Waals surface area contributed by atoms with Crippen LogP contribution >= 0.6 is 23.6 Å². The van der Waals surface area contributed by atoms with E-state index in [0.717, 1.165) is 11.3 Å². The Morgan fingerprint density at radius 1 is 1.06 bits per heavy atom. The van der Waals surface area contributed by atoms with Crippen molar-refractivity contribution >= 4 is 45.4 Å². The van der Waals surface area contributed by atoms with Crippen molar-refractivity contribution < 1.29 is 14.1 Å². The molecule has 0 fully saturated rings. The van der Waals surface area contributed by atoms with Crippen molar-refractivity contribution in [1.82, 2.24) is 10.3 Å². The van der Waals surface area contributed by atoms with Gasteiger partial charge in [-0.15, -0.1) is 11.3 Å². The third kappa shape index (κ3) is 4.82. The summed E-state index contributed by atoms with van der Waals surface area (Å²) in [7, 11) is 0. The van der Waals surface area contributed by atoms with Crippen LogP contribution in [0.2, 0.25) is 0 Å². The zero-order valence-corrected chi connectivity index (χ0v) is 17.4. The fraction of sp³-hybridized carbons (Fsp3) is 0. The number of carbonyl (C=O) groups excluding carboxylic acids is 1. The van der Waals surface area contributed by atoms with Gasteiger partial charge < -0.3 is 9.73 Å². The lowest BCUT2D eigenvalue weighted by Crippen LogP contribution is -2.33. The lowest BCUT2D eigenvalue weighted by Gasteiger charge is -2.05. The second-order valence-corrected chi connectivity index (χ2v) is 7.55. The van der Waals surface area contributed by atoms with Gasteiger partial charge in [-0.2, -0.15) is 0 Å². The summed E-state index contributed by atoms with van der Waals surface area (Å²) in [5.41, 5.74) is 2.20. The number of furan rings is 1. The Labute approximate surface area is 185 Å². The van der Waals surface area contributed by atoms with E-state index in [1.807, 2.05) is 35.7 Å². The first-order valence-corrected chi connectivity index (χ1v) is 10.3. The maximum absolute atomic E-state index is 12.4. The Kier molecular flexibility index (Phi) is 5.83. The standard InChI is InChI=1S/C21H14N4O4S2/c26-19(18-10-9-17(29-18)14-7-4-8-15(11-14)25(27)28)23-20(30)24-21-22-16(12-31-21)13-5-2-1-3-6-13/h1-12H,(H2,22,23,24,26,30). The normalized spacial score (nSPS) is 10.5. The van der Waals surface area contributed by atoms with Gasteiger partial charge in [0.25, 0.3) is 11.6 Å². The van der Waals surface area contributed by atoms with Crippen LogP contribution in [0.4, 0.5) is 10.8 Å². The van der Waals surface area contributed by atoms with Crippen molar-refractivity contribution in [3.05, 3.63) is 88.0 Å². The Morgan fingerprint density at radius 3 is 2.61 bits per heavy atom. The van der Waals surface area contributed by atoms with E-state index < -0.39 is 10.8 Å². The molecule has 2 aromatic heterocycles. The van der Waals surface area contributed by atoms with Gasteiger partial charge >= 0.3 is 0 Å². The van der Waals surface area contributed by atoms with Crippen LogP contribution in [0.15, 0.2) is 76.5 Å². The summed E-state index contributed by atoms with van der Waals surface area (Å²) < 4.78 is 5.54. The quantitative estimate of drug-likeness (QED) is 0.247. The number of hydrogen-bond acceptors (Lipinski definition) is 7. The van der Waals surface area contributed by atoms with Gasteiger partial charge in [-0.05, 0) is 24.4 Å². The van der Waals surface area contributed by atoms with Crippen LogP contribution in [0.5, 0.6) is 0 Å². The van der Waals surface area contributed by atoms with E-state index in [9.17, 15) is 14.9 Å². The molecule has 0 atom stereocenters. The number of benzene rings is 2. The van der Waals surface area contributed by atoms with Crippen molar-refractivity contribution in [1.29, 1.82) is 0 Å². The van der Waals surface area contributed by atoms with E-state index in [1.54, 1.807) is 18.2 Å². The van der Waals surface area contributed by atoms with Gasteiger partial charge in [0.15, 0.2) is 16.0 Å². The summed E-state index contributed by atoms with van der Waals surface area (Å²) in [5.74, 6) is -0.191. The highest BCUT2D eigenvalue weighted by Crippen LogP contribution is 2.26. The van der Waals surface area contributed by atoms with Crippen LogP contribution in [0.1, 0.15) is 10.6 Å². The SMILES string of the molecule is O=C(NC(=S)Nc1nc(-c2ccccc2)cs1)c1ccc(-c2cccc([N+](=O)[O-])c2)o1. The predicted octanol–water partition coefficient (Wildman–Crippen LogP) is 5.11. The molecular weight excluding hydrogens is 436 g/mol. The van der Waals surface area contributed by atoms with Crippen molar-refractivity contribution in [2.75, 3.05) is 5.32 Å². The molecule has 2 aromatic carbocycles. The van der Waals surface area contributed by atoms with Crippen LogP contribution in [0, 0.1) is 10.1 Å². The summed E-state index contributed by atoms with van der Waals surface area (Å²) >= 11 is 6.55. The number of hydrogen-bond donors (Lipinski definition) is 2. The number of nitrogens with zero attached hydrogens (tertiary/aromatic N) is 2. The molecule has 0 aliphatic carbocycles. The first kappa shape index (κ1) is 20.4. The van der Waals surface area contributed by atoms with E-state index in [2.05, 4.69) is 15.6 Å². The zero-order valence-electron chi connectivity index (χ0n) is 15.8. The number of aromatic nitrogens is 1. The second kappa shape index (κ2) is 8.86. The molecule has 31 heavy (non-hydrogen) atoms. The van der Waals surface area contributed by atoms with Crippen LogP contribution in [0.3, 0.4) is 0 Å². The Balaban J connectivity index is 1.40. The summed E-state index contributed by atoms with van der Waals surface area (Å²) in [5, 5.41) is 18.9. The molecule has 0 aliphatic rings. The molecule has 0 radical (unpaired) electrons. The topological polar surface area (TPSA) is 110 Å². The van der Waals surface area contributed by atoms with Crippen LogP contribution < -0.4 is 10.6 Å². The molecule has 0 bridgehead atoms. The molecule has 1 amide bonds. The Bertz CT molecular complexity index is 1270. The monoisotopic (exact) mass is 450 g/mol. The van der Waals surface area contributed by atoms with Gasteiger partial charge in [-0.25, -0.2) is 4.98 Å². The fourth-order valence-corrected chi connectivity index (χ4v) is 3.73. The largest absolute Gasteiger partial charge is 0.451 e. The number of nitrogens with one attached hydrogen (secondary N) is 2. The smallest absolute Gasteiger partial charge is 0.293 e. The molecule has 8 nitrogen and oxygen atoms in total. The molecule has 4 rings (SSSR count). The van der Waals surface area contributed by atoms with Crippen LogP contribution in [0.25, 0.3) is 22.6 Å². The Hall–Kier alpha value is -3.89. The van der Waals surface area contributed by atoms with Gasteiger partial charge in [0.1, 0.15) is 5.76 Å². The molecule has 154 valence electrons. The number of nitro groups is 1. The minimum absolute atomic E-state index is 0.0229. The molecule has 0 saturated heterocycles. The number of non-ortho nitro benzene ring substituents is 1. The molecule has 0 spiro atoms. The molecule has 4 aromatic rings. The molecule has 10 heteroatoms. The van der Waals surface area contributed by atoms with E-state index in [-0.39, 0.29) is 16.6 Å². The molecule has 0 saturated carbocycles. The number of anilines is 1. The minimum atomic E-state index is -0.547. The molecular formula is C21H14N4O4S2.